The van der Waals surface area contributed by atoms with Crippen LogP contribution in [-0.2, 0) is 4.74 Å². The summed E-state index contributed by atoms with van der Waals surface area (Å²) in [6.07, 6.45) is 3.61. The van der Waals surface area contributed by atoms with E-state index in [2.05, 4.69) is 36.7 Å². The lowest BCUT2D eigenvalue weighted by atomic mass is 9.71. The van der Waals surface area contributed by atoms with Crippen LogP contribution >= 0.6 is 27.3 Å². The average molecular weight is 345 g/mol. The second kappa shape index (κ2) is 6.06. The van der Waals surface area contributed by atoms with Crippen molar-refractivity contribution in [1.29, 1.82) is 0 Å². The van der Waals surface area contributed by atoms with Gasteiger partial charge in [0.2, 0.25) is 0 Å². The Morgan fingerprint density at radius 3 is 2.79 bits per heavy atom. The Labute approximate surface area is 127 Å². The van der Waals surface area contributed by atoms with Crippen LogP contribution in [0, 0.1) is 11.3 Å². The van der Waals surface area contributed by atoms with Gasteiger partial charge in [0, 0.05) is 0 Å². The standard InChI is InChI=1S/C15H21BrO2S/c1-10-6-11(8-15(2,3)7-10)18-9-12(17)13-4-5-14(16)19-13/h4-5,10-11H,6-9H2,1-3H3. The average Bonchev–Trinajstić information content (AvgIpc) is 2.70. The number of carbonyl (C=O) groups excluding carboxylic acids is 1. The van der Waals surface area contributed by atoms with E-state index in [1.807, 2.05) is 12.1 Å². The van der Waals surface area contributed by atoms with E-state index >= 15 is 0 Å². The lowest BCUT2D eigenvalue weighted by Gasteiger charge is -2.38. The normalized spacial score (nSPS) is 26.3. The van der Waals surface area contributed by atoms with Crippen molar-refractivity contribution in [2.24, 2.45) is 11.3 Å². The molecule has 106 valence electrons. The lowest BCUT2D eigenvalue weighted by Crippen LogP contribution is -2.33. The maximum atomic E-state index is 12.0. The molecule has 2 nitrogen and oxygen atoms in total. The molecule has 0 radical (unpaired) electrons. The van der Waals surface area contributed by atoms with Crippen LogP contribution < -0.4 is 0 Å². The van der Waals surface area contributed by atoms with Gasteiger partial charge in [0.25, 0.3) is 0 Å². The zero-order valence-electron chi connectivity index (χ0n) is 11.7. The minimum Gasteiger partial charge on any atom is -0.370 e. The summed E-state index contributed by atoms with van der Waals surface area (Å²) in [5.74, 6) is 0.770. The first-order chi connectivity index (χ1) is 8.85. The summed E-state index contributed by atoms with van der Waals surface area (Å²) < 4.78 is 6.85. The van der Waals surface area contributed by atoms with E-state index in [4.69, 9.17) is 4.74 Å². The van der Waals surface area contributed by atoms with Crippen LogP contribution in [-0.4, -0.2) is 18.5 Å². The smallest absolute Gasteiger partial charge is 0.198 e. The summed E-state index contributed by atoms with van der Waals surface area (Å²) in [5.41, 5.74) is 0.331. The molecule has 0 N–H and O–H groups in total. The molecule has 0 aliphatic heterocycles. The molecule has 2 rings (SSSR count). The first kappa shape index (κ1) is 15.2. The van der Waals surface area contributed by atoms with Crippen molar-refractivity contribution in [1.82, 2.24) is 0 Å². The molecule has 1 fully saturated rings. The number of thiophene rings is 1. The van der Waals surface area contributed by atoms with E-state index < -0.39 is 0 Å². The number of hydrogen-bond donors (Lipinski definition) is 0. The van der Waals surface area contributed by atoms with Crippen LogP contribution in [0.2, 0.25) is 0 Å². The van der Waals surface area contributed by atoms with Gasteiger partial charge in [-0.05, 0) is 58.7 Å². The second-order valence-corrected chi connectivity index (χ2v) is 8.84. The molecule has 1 saturated carbocycles. The minimum absolute atomic E-state index is 0.0896. The summed E-state index contributed by atoms with van der Waals surface area (Å²) in [6, 6.07) is 3.76. The zero-order chi connectivity index (χ0) is 14.0. The Kier molecular flexibility index (Phi) is 4.85. The van der Waals surface area contributed by atoms with E-state index in [-0.39, 0.29) is 18.5 Å². The van der Waals surface area contributed by atoms with Crippen LogP contribution in [0.25, 0.3) is 0 Å². The molecule has 2 atom stereocenters. The third-order valence-corrected chi connectivity index (χ3v) is 5.31. The number of hydrogen-bond acceptors (Lipinski definition) is 3. The zero-order valence-corrected chi connectivity index (χ0v) is 14.1. The highest BCUT2D eigenvalue weighted by Gasteiger charge is 2.32. The maximum Gasteiger partial charge on any atom is 0.198 e. The van der Waals surface area contributed by atoms with E-state index in [1.54, 1.807) is 0 Å². The Balaban J connectivity index is 1.86. The number of ether oxygens (including phenoxy) is 1. The Hall–Kier alpha value is -0.190. The monoisotopic (exact) mass is 344 g/mol. The second-order valence-electron chi connectivity index (χ2n) is 6.37. The topological polar surface area (TPSA) is 26.3 Å². The first-order valence-corrected chi connectivity index (χ1v) is 8.37. The summed E-state index contributed by atoms with van der Waals surface area (Å²) in [6.45, 7) is 7.06. The summed E-state index contributed by atoms with van der Waals surface area (Å²) in [5, 5.41) is 0. The van der Waals surface area contributed by atoms with E-state index in [9.17, 15) is 4.79 Å². The molecule has 1 aromatic rings. The van der Waals surface area contributed by atoms with Gasteiger partial charge in [-0.1, -0.05) is 20.8 Å². The number of ketones is 1. The van der Waals surface area contributed by atoms with Crippen molar-refractivity contribution < 1.29 is 9.53 Å². The Bertz CT molecular complexity index is 453. The highest BCUT2D eigenvalue weighted by molar-refractivity contribution is 9.11. The number of carbonyl (C=O) groups is 1. The summed E-state index contributed by atoms with van der Waals surface area (Å²) >= 11 is 4.85. The Morgan fingerprint density at radius 2 is 2.21 bits per heavy atom. The van der Waals surface area contributed by atoms with Crippen LogP contribution in [0.15, 0.2) is 15.9 Å². The highest BCUT2D eigenvalue weighted by atomic mass is 79.9. The molecule has 19 heavy (non-hydrogen) atoms. The van der Waals surface area contributed by atoms with Gasteiger partial charge < -0.3 is 4.74 Å². The fourth-order valence-electron chi connectivity index (χ4n) is 3.11. The van der Waals surface area contributed by atoms with Crippen molar-refractivity contribution >= 4 is 33.0 Å². The lowest BCUT2D eigenvalue weighted by molar-refractivity contribution is -0.0166. The van der Waals surface area contributed by atoms with Crippen LogP contribution in [0.1, 0.15) is 49.7 Å². The third kappa shape index (κ3) is 4.40. The predicted octanol–water partition coefficient (Wildman–Crippen LogP) is 4.92. The number of halogens is 1. The van der Waals surface area contributed by atoms with Crippen molar-refractivity contribution in [2.75, 3.05) is 6.61 Å². The molecule has 0 amide bonds. The van der Waals surface area contributed by atoms with Crippen LogP contribution in [0.4, 0.5) is 0 Å². The molecule has 4 heteroatoms. The van der Waals surface area contributed by atoms with E-state index in [0.29, 0.717) is 11.3 Å². The van der Waals surface area contributed by atoms with Gasteiger partial charge in [-0.3, -0.25) is 4.79 Å². The van der Waals surface area contributed by atoms with E-state index in [1.165, 1.54) is 17.8 Å². The van der Waals surface area contributed by atoms with Gasteiger partial charge in [-0.25, -0.2) is 0 Å². The first-order valence-electron chi connectivity index (χ1n) is 6.76. The molecular weight excluding hydrogens is 324 g/mol. The fourth-order valence-corrected chi connectivity index (χ4v) is 4.42. The third-order valence-electron chi connectivity index (χ3n) is 3.64. The molecule has 0 aromatic carbocycles. The fraction of sp³-hybridized carbons (Fsp3) is 0.667. The molecule has 1 aromatic heterocycles. The van der Waals surface area contributed by atoms with Gasteiger partial charge in [0.1, 0.15) is 6.61 Å². The largest absolute Gasteiger partial charge is 0.370 e. The molecule has 1 aliphatic rings. The van der Waals surface area contributed by atoms with Crippen LogP contribution in [0.5, 0.6) is 0 Å². The van der Waals surface area contributed by atoms with Crippen molar-refractivity contribution in [3.05, 3.63) is 20.8 Å². The number of Topliss-reactive ketones (excluding diaryl/α,β-unsaturated/α-hetero) is 1. The van der Waals surface area contributed by atoms with Gasteiger partial charge in [-0.2, -0.15) is 0 Å². The summed E-state index contributed by atoms with van der Waals surface area (Å²) in [4.78, 5) is 12.8. The van der Waals surface area contributed by atoms with Gasteiger partial charge in [0.15, 0.2) is 5.78 Å². The quantitative estimate of drug-likeness (QED) is 0.724. The van der Waals surface area contributed by atoms with Crippen molar-refractivity contribution in [2.45, 2.75) is 46.1 Å². The molecule has 2 unspecified atom stereocenters. The van der Waals surface area contributed by atoms with Crippen molar-refractivity contribution in [3.8, 4) is 0 Å². The predicted molar refractivity (Wildman–Crippen MR) is 82.9 cm³/mol. The SMILES string of the molecule is CC1CC(OCC(=O)c2ccc(Br)s2)CC(C)(C)C1. The van der Waals surface area contributed by atoms with Crippen LogP contribution in [0.3, 0.4) is 0 Å². The van der Waals surface area contributed by atoms with Gasteiger partial charge in [0.05, 0.1) is 14.8 Å². The molecule has 1 aliphatic carbocycles. The molecule has 0 saturated heterocycles. The van der Waals surface area contributed by atoms with Gasteiger partial charge >= 0.3 is 0 Å². The molecule has 0 spiro atoms. The molecule has 0 bridgehead atoms. The maximum absolute atomic E-state index is 12.0. The summed E-state index contributed by atoms with van der Waals surface area (Å²) in [7, 11) is 0. The van der Waals surface area contributed by atoms with Gasteiger partial charge in [-0.15, -0.1) is 11.3 Å². The Morgan fingerprint density at radius 1 is 1.47 bits per heavy atom. The molecular formula is C15H21BrO2S. The highest BCUT2D eigenvalue weighted by Crippen LogP contribution is 2.39. The minimum atomic E-state index is 0.0896. The molecule has 1 heterocycles. The van der Waals surface area contributed by atoms with Crippen molar-refractivity contribution in [3.63, 3.8) is 0 Å². The van der Waals surface area contributed by atoms with E-state index in [0.717, 1.165) is 21.5 Å². The number of rotatable bonds is 4.